The van der Waals surface area contributed by atoms with Crippen molar-refractivity contribution in [2.24, 2.45) is 5.41 Å². The second-order valence-electron chi connectivity index (χ2n) is 5.14. The lowest BCUT2D eigenvalue weighted by molar-refractivity contribution is -0.143. The molecule has 106 valence electrons. The maximum absolute atomic E-state index is 11.6. The van der Waals surface area contributed by atoms with Gasteiger partial charge in [0.25, 0.3) is 0 Å². The molecule has 1 atom stereocenters. The van der Waals surface area contributed by atoms with Crippen LogP contribution in [0.1, 0.15) is 34.1 Å². The molecule has 0 radical (unpaired) electrons. The average Bonchev–Trinajstić information content (AvgIpc) is 2.22. The highest BCUT2D eigenvalue weighted by Crippen LogP contribution is 2.13. The number of hydrogen-bond acceptors (Lipinski definition) is 4. The van der Waals surface area contributed by atoms with Crippen molar-refractivity contribution < 1.29 is 23.1 Å². The quantitative estimate of drug-likeness (QED) is 0.734. The normalized spacial score (nSPS) is 14.0. The number of aliphatic carboxylic acids is 1. The van der Waals surface area contributed by atoms with Gasteiger partial charge in [-0.2, -0.15) is 0 Å². The van der Waals surface area contributed by atoms with E-state index in [4.69, 9.17) is 5.11 Å². The Morgan fingerprint density at radius 1 is 1.28 bits per heavy atom. The molecule has 0 spiro atoms. The van der Waals surface area contributed by atoms with Crippen molar-refractivity contribution in [1.82, 2.24) is 5.32 Å². The van der Waals surface area contributed by atoms with E-state index in [1.165, 1.54) is 6.92 Å². The third kappa shape index (κ3) is 6.00. The monoisotopic (exact) mass is 279 g/mol. The molecule has 0 aliphatic carbocycles. The Morgan fingerprint density at radius 3 is 2.11 bits per heavy atom. The number of amides is 1. The summed E-state index contributed by atoms with van der Waals surface area (Å²) >= 11 is 0. The van der Waals surface area contributed by atoms with Gasteiger partial charge in [-0.15, -0.1) is 0 Å². The molecule has 1 unspecified atom stereocenters. The molecule has 0 rings (SSSR count). The number of carbonyl (C=O) groups is 2. The molecule has 2 N–H and O–H groups in total. The molecule has 0 fully saturated rings. The number of hydrogen-bond donors (Lipinski definition) is 2. The Balaban J connectivity index is 4.62. The first-order chi connectivity index (χ1) is 7.99. The van der Waals surface area contributed by atoms with Crippen LogP contribution in [-0.2, 0) is 19.4 Å². The van der Waals surface area contributed by atoms with Gasteiger partial charge in [0.15, 0.2) is 0 Å². The lowest BCUT2D eigenvalue weighted by atomic mass is 9.95. The van der Waals surface area contributed by atoms with Crippen molar-refractivity contribution in [1.29, 1.82) is 0 Å². The molecule has 0 saturated carbocycles. The minimum Gasteiger partial charge on any atom is -0.480 e. The predicted molar refractivity (Wildman–Crippen MR) is 68.0 cm³/mol. The van der Waals surface area contributed by atoms with Gasteiger partial charge in [-0.05, 0) is 6.42 Å². The smallest absolute Gasteiger partial charge is 0.326 e. The first kappa shape index (κ1) is 16.9. The number of sulfone groups is 1. The van der Waals surface area contributed by atoms with Crippen molar-refractivity contribution in [3.8, 4) is 0 Å². The molecule has 6 nitrogen and oxygen atoms in total. The number of carbonyl (C=O) groups excluding carboxylic acids is 1. The van der Waals surface area contributed by atoms with Crippen molar-refractivity contribution >= 4 is 21.7 Å². The van der Waals surface area contributed by atoms with Crippen LogP contribution in [0.5, 0.6) is 0 Å². The number of rotatable bonds is 6. The molecule has 7 heteroatoms. The van der Waals surface area contributed by atoms with Gasteiger partial charge < -0.3 is 10.4 Å². The van der Waals surface area contributed by atoms with Gasteiger partial charge in [0.05, 0.1) is 5.75 Å². The van der Waals surface area contributed by atoms with E-state index in [1.807, 2.05) is 0 Å². The Hall–Kier alpha value is -1.11. The fraction of sp³-hybridized carbons (Fsp3) is 0.818. The van der Waals surface area contributed by atoms with E-state index in [9.17, 15) is 18.0 Å². The molecule has 0 aromatic heterocycles. The minimum atomic E-state index is -3.23. The predicted octanol–water partition coefficient (Wildman–Crippen LogP) is 0.427. The highest BCUT2D eigenvalue weighted by molar-refractivity contribution is 7.91. The Morgan fingerprint density at radius 2 is 1.78 bits per heavy atom. The summed E-state index contributed by atoms with van der Waals surface area (Å²) in [5.74, 6) is -1.92. The van der Waals surface area contributed by atoms with E-state index in [1.54, 1.807) is 20.8 Å². The maximum atomic E-state index is 11.6. The molecule has 0 bridgehead atoms. The van der Waals surface area contributed by atoms with Crippen LogP contribution in [0.3, 0.4) is 0 Å². The summed E-state index contributed by atoms with van der Waals surface area (Å²) in [5, 5.41) is 11.3. The summed E-state index contributed by atoms with van der Waals surface area (Å²) in [6.07, 6.45) is -0.118. The van der Waals surface area contributed by atoms with Gasteiger partial charge in [-0.25, -0.2) is 13.2 Å². The molecule has 0 saturated heterocycles. The maximum Gasteiger partial charge on any atom is 0.326 e. The second kappa shape index (κ2) is 6.17. The van der Waals surface area contributed by atoms with Crippen LogP contribution >= 0.6 is 0 Å². The molecule has 0 aromatic rings. The van der Waals surface area contributed by atoms with E-state index in [0.717, 1.165) is 0 Å². The number of nitrogens with one attached hydrogen (secondary N) is 1. The highest BCUT2D eigenvalue weighted by Gasteiger charge is 2.28. The van der Waals surface area contributed by atoms with Crippen LogP contribution in [0.4, 0.5) is 0 Å². The van der Waals surface area contributed by atoms with Crippen molar-refractivity contribution in [3.05, 3.63) is 0 Å². The van der Waals surface area contributed by atoms with Crippen molar-refractivity contribution in [2.45, 2.75) is 40.2 Å². The number of carboxylic acid groups (broad SMARTS) is 1. The van der Waals surface area contributed by atoms with E-state index in [-0.39, 0.29) is 17.9 Å². The van der Waals surface area contributed by atoms with Gasteiger partial charge in [0.1, 0.15) is 15.9 Å². The van der Waals surface area contributed by atoms with Gasteiger partial charge >= 0.3 is 5.97 Å². The van der Waals surface area contributed by atoms with Crippen molar-refractivity contribution in [2.75, 3.05) is 11.5 Å². The zero-order valence-corrected chi connectivity index (χ0v) is 12.0. The zero-order chi connectivity index (χ0) is 14.6. The summed E-state index contributed by atoms with van der Waals surface area (Å²) in [4.78, 5) is 22.6. The van der Waals surface area contributed by atoms with Gasteiger partial charge in [-0.3, -0.25) is 4.79 Å². The van der Waals surface area contributed by atoms with Gasteiger partial charge in [-0.1, -0.05) is 27.7 Å². The molecule has 18 heavy (non-hydrogen) atoms. The van der Waals surface area contributed by atoms with Gasteiger partial charge in [0.2, 0.25) is 5.91 Å². The van der Waals surface area contributed by atoms with Crippen LogP contribution in [0.25, 0.3) is 0 Å². The topological polar surface area (TPSA) is 101 Å². The fourth-order valence-corrected chi connectivity index (χ4v) is 1.96. The van der Waals surface area contributed by atoms with Crippen LogP contribution in [0.15, 0.2) is 0 Å². The minimum absolute atomic E-state index is 0.0352. The summed E-state index contributed by atoms with van der Waals surface area (Å²) < 4.78 is 22.6. The Bertz CT molecular complexity index is 408. The first-order valence-corrected chi connectivity index (χ1v) is 7.56. The highest BCUT2D eigenvalue weighted by atomic mass is 32.2. The Labute approximate surface area is 108 Å². The molecular formula is C11H21NO5S. The third-order valence-corrected chi connectivity index (χ3v) is 4.18. The lowest BCUT2D eigenvalue weighted by Crippen LogP contribution is -2.46. The summed E-state index contributed by atoms with van der Waals surface area (Å²) in [6, 6.07) is -1.17. The lowest BCUT2D eigenvalue weighted by Gasteiger charge is -2.21. The Kier molecular flexibility index (Phi) is 5.79. The summed E-state index contributed by atoms with van der Waals surface area (Å²) in [5.41, 5.74) is -0.711. The van der Waals surface area contributed by atoms with E-state index in [2.05, 4.69) is 5.32 Å². The third-order valence-electron chi connectivity index (χ3n) is 2.44. The van der Waals surface area contributed by atoms with Crippen LogP contribution in [0, 0.1) is 5.41 Å². The van der Waals surface area contributed by atoms with E-state index in [0.29, 0.717) is 0 Å². The SMILES string of the molecule is CCS(=O)(=O)CCC(NC(=O)C(C)(C)C)C(=O)O. The molecule has 0 aromatic carbocycles. The standard InChI is InChI=1S/C11H21NO5S/c1-5-18(16,17)7-6-8(9(13)14)12-10(15)11(2,3)4/h8H,5-7H2,1-4H3,(H,12,15)(H,13,14). The molecular weight excluding hydrogens is 258 g/mol. The van der Waals surface area contributed by atoms with Gasteiger partial charge in [0, 0.05) is 11.2 Å². The molecule has 0 heterocycles. The second-order valence-corrected chi connectivity index (χ2v) is 7.61. The summed E-state index contributed by atoms with van der Waals surface area (Å²) in [6.45, 7) is 6.47. The molecule has 1 amide bonds. The largest absolute Gasteiger partial charge is 0.480 e. The first-order valence-electron chi connectivity index (χ1n) is 5.74. The average molecular weight is 279 g/mol. The van der Waals surface area contributed by atoms with Crippen molar-refractivity contribution in [3.63, 3.8) is 0 Å². The fourth-order valence-electron chi connectivity index (χ4n) is 1.07. The van der Waals surface area contributed by atoms with Crippen LogP contribution in [-0.4, -0.2) is 42.9 Å². The zero-order valence-electron chi connectivity index (χ0n) is 11.2. The van der Waals surface area contributed by atoms with E-state index >= 15 is 0 Å². The number of carboxylic acids is 1. The summed E-state index contributed by atoms with van der Waals surface area (Å²) in [7, 11) is -3.23. The van der Waals surface area contributed by atoms with Crippen LogP contribution < -0.4 is 5.32 Å². The molecule has 0 aliphatic rings. The molecule has 0 aliphatic heterocycles. The van der Waals surface area contributed by atoms with E-state index < -0.39 is 33.2 Å². The van der Waals surface area contributed by atoms with Crippen LogP contribution in [0.2, 0.25) is 0 Å².